The fourth-order valence-electron chi connectivity index (χ4n) is 4.00. The summed E-state index contributed by atoms with van der Waals surface area (Å²) in [7, 11) is 0. The van der Waals surface area contributed by atoms with E-state index in [-0.39, 0.29) is 11.2 Å². The molecule has 5 aromatic rings. The summed E-state index contributed by atoms with van der Waals surface area (Å²) in [5.41, 5.74) is 3.13. The van der Waals surface area contributed by atoms with E-state index in [1.807, 2.05) is 42.6 Å². The first-order valence-corrected chi connectivity index (χ1v) is 10.9. The Morgan fingerprint density at radius 1 is 0.875 bits per heavy atom. The lowest BCUT2D eigenvalue weighted by molar-refractivity contribution is 0.455. The topological polar surface area (TPSA) is 47.3 Å². The maximum atomic E-state index is 9.77. The molecule has 0 fully saturated rings. The van der Waals surface area contributed by atoms with E-state index in [0.717, 1.165) is 27.6 Å². The molecule has 2 aromatic heterocycles. The Labute approximate surface area is 191 Å². The zero-order valence-corrected chi connectivity index (χ0v) is 18.9. The first-order chi connectivity index (χ1) is 15.3. The van der Waals surface area contributed by atoms with Crippen LogP contribution in [-0.2, 0) is 5.41 Å². The molecule has 5 rings (SSSR count). The van der Waals surface area contributed by atoms with E-state index in [9.17, 15) is 5.11 Å². The minimum atomic E-state index is -0.00230. The van der Waals surface area contributed by atoms with Gasteiger partial charge in [-0.25, -0.2) is 4.98 Å². The standard InChI is InChI=1S/C27H23ClN2O2/c1-27(2,3)17-12-13-29-25(14-17)30-23-9-5-8-22(28)26(23)21-11-10-20(16-24(21)30)32-19-7-4-6-18(31)15-19/h4-16,31H,1-3H3. The molecule has 2 heterocycles. The number of phenols is 1. The molecule has 32 heavy (non-hydrogen) atoms. The Bertz CT molecular complexity index is 1460. The van der Waals surface area contributed by atoms with Gasteiger partial charge in [-0.15, -0.1) is 0 Å². The number of hydrogen-bond acceptors (Lipinski definition) is 3. The Morgan fingerprint density at radius 2 is 1.66 bits per heavy atom. The van der Waals surface area contributed by atoms with Crippen LogP contribution in [0, 0.1) is 0 Å². The van der Waals surface area contributed by atoms with Crippen molar-refractivity contribution >= 4 is 33.4 Å². The quantitative estimate of drug-likeness (QED) is 0.312. The summed E-state index contributed by atoms with van der Waals surface area (Å²) >= 11 is 6.63. The molecule has 3 aromatic carbocycles. The summed E-state index contributed by atoms with van der Waals surface area (Å²) < 4.78 is 8.16. The predicted octanol–water partition coefficient (Wildman–Crippen LogP) is 7.63. The number of phenolic OH excluding ortho intramolecular Hbond substituents is 1. The maximum Gasteiger partial charge on any atom is 0.137 e. The Hall–Kier alpha value is -3.50. The number of aromatic hydroxyl groups is 1. The fourth-order valence-corrected chi connectivity index (χ4v) is 4.28. The van der Waals surface area contributed by atoms with E-state index in [4.69, 9.17) is 21.3 Å². The van der Waals surface area contributed by atoms with Crippen molar-refractivity contribution in [3.05, 3.63) is 89.6 Å². The van der Waals surface area contributed by atoms with Crippen molar-refractivity contribution in [1.82, 2.24) is 9.55 Å². The fraction of sp³-hybridized carbons (Fsp3) is 0.148. The van der Waals surface area contributed by atoms with Crippen molar-refractivity contribution < 1.29 is 9.84 Å². The SMILES string of the molecule is CC(C)(C)c1ccnc(-n2c3cc(Oc4cccc(O)c4)ccc3c3c(Cl)cccc32)c1. The average molecular weight is 443 g/mol. The molecule has 0 saturated carbocycles. The Balaban J connectivity index is 1.75. The first-order valence-electron chi connectivity index (χ1n) is 10.5. The van der Waals surface area contributed by atoms with Gasteiger partial charge in [0.15, 0.2) is 0 Å². The van der Waals surface area contributed by atoms with Crippen LogP contribution >= 0.6 is 11.6 Å². The van der Waals surface area contributed by atoms with Gasteiger partial charge in [-0.2, -0.15) is 0 Å². The third-order valence-corrected chi connectivity index (χ3v) is 5.92. The van der Waals surface area contributed by atoms with Crippen LogP contribution in [0.4, 0.5) is 0 Å². The number of fused-ring (bicyclic) bond motifs is 3. The first kappa shape index (κ1) is 20.4. The maximum absolute atomic E-state index is 9.77. The van der Waals surface area contributed by atoms with Gasteiger partial charge in [0.1, 0.15) is 23.1 Å². The number of pyridine rings is 1. The largest absolute Gasteiger partial charge is 0.508 e. The van der Waals surface area contributed by atoms with Crippen molar-refractivity contribution in [3.63, 3.8) is 0 Å². The van der Waals surface area contributed by atoms with Crippen LogP contribution in [-0.4, -0.2) is 14.7 Å². The van der Waals surface area contributed by atoms with Crippen LogP contribution in [0.3, 0.4) is 0 Å². The summed E-state index contributed by atoms with van der Waals surface area (Å²) in [5.74, 6) is 2.22. The highest BCUT2D eigenvalue weighted by molar-refractivity contribution is 6.38. The van der Waals surface area contributed by atoms with E-state index in [2.05, 4.69) is 43.5 Å². The molecule has 0 saturated heterocycles. The highest BCUT2D eigenvalue weighted by Crippen LogP contribution is 2.38. The molecule has 0 spiro atoms. The van der Waals surface area contributed by atoms with E-state index in [0.29, 0.717) is 16.5 Å². The lowest BCUT2D eigenvalue weighted by Crippen LogP contribution is -2.12. The third kappa shape index (κ3) is 3.57. The van der Waals surface area contributed by atoms with Crippen LogP contribution in [0.1, 0.15) is 26.3 Å². The normalized spacial score (nSPS) is 11.9. The van der Waals surface area contributed by atoms with Crippen LogP contribution in [0.5, 0.6) is 17.2 Å². The van der Waals surface area contributed by atoms with E-state index in [1.54, 1.807) is 18.2 Å². The molecule has 0 aliphatic carbocycles. The van der Waals surface area contributed by atoms with Crippen LogP contribution < -0.4 is 4.74 Å². The lowest BCUT2D eigenvalue weighted by atomic mass is 9.88. The number of nitrogens with zero attached hydrogens (tertiary/aromatic N) is 2. The van der Waals surface area contributed by atoms with Crippen LogP contribution in [0.2, 0.25) is 5.02 Å². The van der Waals surface area contributed by atoms with Gasteiger partial charge in [0.2, 0.25) is 0 Å². The number of halogens is 1. The Morgan fingerprint density at radius 3 is 2.44 bits per heavy atom. The summed E-state index contributed by atoms with van der Waals surface area (Å²) in [5, 5.41) is 12.5. The van der Waals surface area contributed by atoms with E-state index >= 15 is 0 Å². The van der Waals surface area contributed by atoms with Gasteiger partial charge in [-0.05, 0) is 59.5 Å². The van der Waals surface area contributed by atoms with Crippen molar-refractivity contribution in [2.45, 2.75) is 26.2 Å². The summed E-state index contributed by atoms with van der Waals surface area (Å²) in [6.45, 7) is 6.57. The van der Waals surface area contributed by atoms with E-state index < -0.39 is 0 Å². The van der Waals surface area contributed by atoms with Gasteiger partial charge >= 0.3 is 0 Å². The molecule has 0 radical (unpaired) electrons. The third-order valence-electron chi connectivity index (χ3n) is 5.61. The average Bonchev–Trinajstić information content (AvgIpc) is 3.08. The number of ether oxygens (including phenoxy) is 1. The van der Waals surface area contributed by atoms with E-state index in [1.165, 1.54) is 5.56 Å². The van der Waals surface area contributed by atoms with Crippen molar-refractivity contribution in [1.29, 1.82) is 0 Å². The molecular formula is C27H23ClN2O2. The van der Waals surface area contributed by atoms with Gasteiger partial charge in [-0.1, -0.05) is 44.5 Å². The highest BCUT2D eigenvalue weighted by atomic mass is 35.5. The molecule has 4 nitrogen and oxygen atoms in total. The van der Waals surface area contributed by atoms with Crippen LogP contribution in [0.25, 0.3) is 27.6 Å². The smallest absolute Gasteiger partial charge is 0.137 e. The molecule has 160 valence electrons. The van der Waals surface area contributed by atoms with Gasteiger partial charge < -0.3 is 9.84 Å². The molecule has 0 bridgehead atoms. The zero-order chi connectivity index (χ0) is 22.5. The highest BCUT2D eigenvalue weighted by Gasteiger charge is 2.19. The minimum Gasteiger partial charge on any atom is -0.508 e. The lowest BCUT2D eigenvalue weighted by Gasteiger charge is -2.20. The number of aromatic nitrogens is 2. The predicted molar refractivity (Wildman–Crippen MR) is 130 cm³/mol. The molecule has 0 atom stereocenters. The summed E-state index contributed by atoms with van der Waals surface area (Å²) in [6, 6.07) is 22.8. The molecule has 5 heteroatoms. The van der Waals surface area contributed by atoms with Gasteiger partial charge in [0.25, 0.3) is 0 Å². The van der Waals surface area contributed by atoms with Crippen molar-refractivity contribution in [2.75, 3.05) is 0 Å². The van der Waals surface area contributed by atoms with Gasteiger partial charge in [-0.3, -0.25) is 4.57 Å². The summed E-state index contributed by atoms with van der Waals surface area (Å²) in [4.78, 5) is 4.70. The molecular weight excluding hydrogens is 420 g/mol. The molecule has 0 aliphatic rings. The van der Waals surface area contributed by atoms with Gasteiger partial charge in [0, 0.05) is 29.1 Å². The minimum absolute atomic E-state index is 0.00230. The monoisotopic (exact) mass is 442 g/mol. The van der Waals surface area contributed by atoms with Crippen molar-refractivity contribution in [2.24, 2.45) is 0 Å². The number of hydrogen-bond donors (Lipinski definition) is 1. The Kier molecular flexibility index (Phi) is 4.83. The van der Waals surface area contributed by atoms with Gasteiger partial charge in [0.05, 0.1) is 16.1 Å². The van der Waals surface area contributed by atoms with Crippen molar-refractivity contribution in [3.8, 4) is 23.1 Å². The molecule has 1 N–H and O–H groups in total. The summed E-state index contributed by atoms with van der Waals surface area (Å²) in [6.07, 6.45) is 1.85. The molecule has 0 amide bonds. The second-order valence-corrected chi connectivity index (χ2v) is 9.31. The second-order valence-electron chi connectivity index (χ2n) is 8.90. The van der Waals surface area contributed by atoms with Crippen LogP contribution in [0.15, 0.2) is 79.0 Å². The second kappa shape index (κ2) is 7.57. The molecule has 0 unspecified atom stereocenters. The zero-order valence-electron chi connectivity index (χ0n) is 18.1. The number of rotatable bonds is 3. The number of benzene rings is 3. The molecule has 0 aliphatic heterocycles.